The van der Waals surface area contributed by atoms with Crippen LogP contribution in [0.5, 0.6) is 0 Å². The molecule has 122 valence electrons. The summed E-state index contributed by atoms with van der Waals surface area (Å²) in [6, 6.07) is 12.6. The van der Waals surface area contributed by atoms with Crippen LogP contribution in [0.3, 0.4) is 0 Å². The number of anilines is 1. The molecule has 3 aromatic rings. The smallest absolute Gasteiger partial charge is 0.277 e. The highest BCUT2D eigenvalue weighted by atomic mass is 35.5. The second-order valence-corrected chi connectivity index (χ2v) is 6.09. The van der Waals surface area contributed by atoms with Crippen molar-refractivity contribution < 1.29 is 13.6 Å². The summed E-state index contributed by atoms with van der Waals surface area (Å²) < 4.78 is 18.3. The summed E-state index contributed by atoms with van der Waals surface area (Å²) in [7, 11) is 0. The van der Waals surface area contributed by atoms with E-state index in [1.54, 1.807) is 24.3 Å². The van der Waals surface area contributed by atoms with Gasteiger partial charge in [0.1, 0.15) is 5.82 Å². The molecule has 0 aliphatic heterocycles. The molecule has 0 saturated carbocycles. The average molecular weight is 364 g/mol. The van der Waals surface area contributed by atoms with E-state index in [-0.39, 0.29) is 22.7 Å². The Balaban J connectivity index is 1.57. The van der Waals surface area contributed by atoms with Crippen molar-refractivity contribution in [2.75, 3.05) is 11.1 Å². The fraction of sp³-hybridized carbons (Fsp3) is 0.0625. The van der Waals surface area contributed by atoms with Crippen LogP contribution in [0.15, 0.2) is 58.2 Å². The summed E-state index contributed by atoms with van der Waals surface area (Å²) in [5, 5.41) is 11.3. The van der Waals surface area contributed by atoms with Gasteiger partial charge in [-0.15, -0.1) is 10.2 Å². The number of carbonyl (C=O) groups is 1. The van der Waals surface area contributed by atoms with E-state index in [2.05, 4.69) is 15.5 Å². The zero-order valence-electron chi connectivity index (χ0n) is 12.2. The predicted octanol–water partition coefficient (Wildman–Crippen LogP) is 4.26. The van der Waals surface area contributed by atoms with Gasteiger partial charge in [-0.2, -0.15) is 0 Å². The molecule has 1 N–H and O–H groups in total. The maximum atomic E-state index is 12.8. The first-order chi connectivity index (χ1) is 11.6. The number of hydrogen-bond acceptors (Lipinski definition) is 5. The fourth-order valence-corrected chi connectivity index (χ4v) is 2.62. The largest absolute Gasteiger partial charge is 0.411 e. The summed E-state index contributed by atoms with van der Waals surface area (Å²) in [5.74, 6) is -0.191. The van der Waals surface area contributed by atoms with Crippen LogP contribution in [0.4, 0.5) is 10.1 Å². The van der Waals surface area contributed by atoms with E-state index in [9.17, 15) is 9.18 Å². The number of hydrogen-bond donors (Lipinski definition) is 1. The molecule has 5 nitrogen and oxygen atoms in total. The van der Waals surface area contributed by atoms with Crippen molar-refractivity contribution in [2.45, 2.75) is 5.22 Å². The van der Waals surface area contributed by atoms with Gasteiger partial charge >= 0.3 is 0 Å². The van der Waals surface area contributed by atoms with Crippen LogP contribution in [-0.4, -0.2) is 21.9 Å². The second kappa shape index (κ2) is 7.46. The van der Waals surface area contributed by atoms with Gasteiger partial charge in [-0.3, -0.25) is 4.79 Å². The zero-order valence-corrected chi connectivity index (χ0v) is 13.8. The molecule has 0 bridgehead atoms. The van der Waals surface area contributed by atoms with Crippen molar-refractivity contribution in [1.82, 2.24) is 10.2 Å². The van der Waals surface area contributed by atoms with Crippen molar-refractivity contribution in [3.8, 4) is 11.5 Å². The molecule has 0 fully saturated rings. The number of rotatable bonds is 5. The van der Waals surface area contributed by atoms with Gasteiger partial charge in [0.25, 0.3) is 5.22 Å². The van der Waals surface area contributed by atoms with E-state index >= 15 is 0 Å². The Kier molecular flexibility index (Phi) is 5.12. The highest BCUT2D eigenvalue weighted by molar-refractivity contribution is 7.99. The number of aromatic nitrogens is 2. The van der Waals surface area contributed by atoms with Crippen molar-refractivity contribution in [3.63, 3.8) is 0 Å². The molecule has 8 heteroatoms. The Morgan fingerprint density at radius 2 is 2.00 bits per heavy atom. The topological polar surface area (TPSA) is 68.0 Å². The van der Waals surface area contributed by atoms with Crippen LogP contribution < -0.4 is 5.32 Å². The van der Waals surface area contributed by atoms with Gasteiger partial charge in [0.2, 0.25) is 11.8 Å². The zero-order chi connectivity index (χ0) is 16.9. The van der Waals surface area contributed by atoms with Crippen LogP contribution in [0.2, 0.25) is 5.02 Å². The number of carbonyl (C=O) groups excluding carboxylic acids is 1. The van der Waals surface area contributed by atoms with Crippen LogP contribution in [0.25, 0.3) is 11.5 Å². The van der Waals surface area contributed by atoms with Crippen molar-refractivity contribution in [3.05, 3.63) is 59.4 Å². The number of amides is 1. The molecular weight excluding hydrogens is 353 g/mol. The van der Waals surface area contributed by atoms with Crippen molar-refractivity contribution in [2.24, 2.45) is 0 Å². The quantitative estimate of drug-likeness (QED) is 0.686. The molecule has 0 atom stereocenters. The first-order valence-electron chi connectivity index (χ1n) is 6.88. The Labute approximate surface area is 146 Å². The van der Waals surface area contributed by atoms with Gasteiger partial charge < -0.3 is 9.73 Å². The third kappa shape index (κ3) is 4.33. The minimum Gasteiger partial charge on any atom is -0.411 e. The molecular formula is C16H11ClFN3O2S. The van der Waals surface area contributed by atoms with E-state index in [0.29, 0.717) is 22.2 Å². The third-order valence-electron chi connectivity index (χ3n) is 2.93. The molecule has 1 aromatic heterocycles. The predicted molar refractivity (Wildman–Crippen MR) is 90.5 cm³/mol. The Bertz CT molecular complexity index is 855. The maximum absolute atomic E-state index is 12.8. The molecule has 0 unspecified atom stereocenters. The summed E-state index contributed by atoms with van der Waals surface area (Å²) in [5.41, 5.74) is 1.23. The molecule has 0 aliphatic carbocycles. The first-order valence-corrected chi connectivity index (χ1v) is 8.24. The number of halogens is 2. The Morgan fingerprint density at radius 3 is 2.75 bits per heavy atom. The number of thioether (sulfide) groups is 1. The van der Waals surface area contributed by atoms with Gasteiger partial charge in [-0.25, -0.2) is 4.39 Å². The van der Waals surface area contributed by atoms with Gasteiger partial charge in [-0.1, -0.05) is 29.4 Å². The molecule has 3 rings (SSSR count). The normalized spacial score (nSPS) is 10.6. The van der Waals surface area contributed by atoms with Crippen molar-refractivity contribution >= 4 is 35.0 Å². The lowest BCUT2D eigenvalue weighted by Crippen LogP contribution is -2.13. The molecule has 1 amide bonds. The number of benzene rings is 2. The summed E-state index contributed by atoms with van der Waals surface area (Å²) in [4.78, 5) is 11.9. The van der Waals surface area contributed by atoms with E-state index in [1.807, 2.05) is 0 Å². The van der Waals surface area contributed by atoms with Gasteiger partial charge in [0.05, 0.1) is 5.75 Å². The highest BCUT2D eigenvalue weighted by Crippen LogP contribution is 2.25. The fourth-order valence-electron chi connectivity index (χ4n) is 1.86. The monoisotopic (exact) mass is 363 g/mol. The highest BCUT2D eigenvalue weighted by Gasteiger charge is 2.11. The van der Waals surface area contributed by atoms with Crippen LogP contribution in [-0.2, 0) is 4.79 Å². The maximum Gasteiger partial charge on any atom is 0.277 e. The van der Waals surface area contributed by atoms with Crippen LogP contribution in [0.1, 0.15) is 0 Å². The molecule has 2 aromatic carbocycles. The lowest BCUT2D eigenvalue weighted by molar-refractivity contribution is -0.113. The van der Waals surface area contributed by atoms with Gasteiger partial charge in [0, 0.05) is 16.3 Å². The summed E-state index contributed by atoms with van der Waals surface area (Å²) in [6.45, 7) is 0. The molecule has 1 heterocycles. The summed E-state index contributed by atoms with van der Waals surface area (Å²) in [6.07, 6.45) is 0. The molecule has 0 spiro atoms. The van der Waals surface area contributed by atoms with Crippen molar-refractivity contribution in [1.29, 1.82) is 0 Å². The van der Waals surface area contributed by atoms with Crippen LogP contribution in [0, 0.1) is 5.82 Å². The van der Waals surface area contributed by atoms with Gasteiger partial charge in [0.15, 0.2) is 0 Å². The van der Waals surface area contributed by atoms with E-state index in [4.69, 9.17) is 16.0 Å². The SMILES string of the molecule is O=C(CSc1nnc(-c2cccc(Cl)c2)o1)Nc1ccc(F)cc1. The second-order valence-electron chi connectivity index (χ2n) is 4.73. The van der Waals surface area contributed by atoms with Crippen LogP contribution >= 0.6 is 23.4 Å². The number of nitrogens with zero attached hydrogens (tertiary/aromatic N) is 2. The standard InChI is InChI=1S/C16H11ClFN3O2S/c17-11-3-1-2-10(8-11)15-20-21-16(23-15)24-9-14(22)19-13-6-4-12(18)5-7-13/h1-8H,9H2,(H,19,22). The number of nitrogens with one attached hydrogen (secondary N) is 1. The minimum absolute atomic E-state index is 0.0918. The lowest BCUT2D eigenvalue weighted by atomic mass is 10.2. The lowest BCUT2D eigenvalue weighted by Gasteiger charge is -2.03. The molecule has 0 radical (unpaired) electrons. The molecule has 24 heavy (non-hydrogen) atoms. The molecule has 0 saturated heterocycles. The Morgan fingerprint density at radius 1 is 1.21 bits per heavy atom. The van der Waals surface area contributed by atoms with E-state index < -0.39 is 0 Å². The average Bonchev–Trinajstić information content (AvgIpc) is 3.04. The Hall–Kier alpha value is -2.38. The first kappa shape index (κ1) is 16.5. The van der Waals surface area contributed by atoms with E-state index in [1.165, 1.54) is 24.3 Å². The minimum atomic E-state index is -0.359. The summed E-state index contributed by atoms with van der Waals surface area (Å²) >= 11 is 7.03. The van der Waals surface area contributed by atoms with Gasteiger partial charge in [-0.05, 0) is 42.5 Å². The third-order valence-corrected chi connectivity index (χ3v) is 3.99. The molecule has 0 aliphatic rings. The van der Waals surface area contributed by atoms with E-state index in [0.717, 1.165) is 11.8 Å².